The summed E-state index contributed by atoms with van der Waals surface area (Å²) in [4.78, 5) is 17.7. The van der Waals surface area contributed by atoms with E-state index in [1.54, 1.807) is 17.8 Å². The Morgan fingerprint density at radius 3 is 2.50 bits per heavy atom. The summed E-state index contributed by atoms with van der Waals surface area (Å²) < 4.78 is 0.632. The van der Waals surface area contributed by atoms with E-state index in [1.165, 1.54) is 15.5 Å². The van der Waals surface area contributed by atoms with Crippen molar-refractivity contribution in [3.05, 3.63) is 81.8 Å². The van der Waals surface area contributed by atoms with Crippen LogP contribution in [-0.2, 0) is 0 Å². The fraction of sp³-hybridized carbons (Fsp3) is 0.269. The second-order valence-electron chi connectivity index (χ2n) is 8.89. The third-order valence-electron chi connectivity index (χ3n) is 5.78. The van der Waals surface area contributed by atoms with E-state index in [0.717, 1.165) is 41.3 Å². The summed E-state index contributed by atoms with van der Waals surface area (Å²) >= 11 is 14.2. The number of quaternary nitrogens is 1. The molecule has 0 atom stereocenters. The zero-order valence-corrected chi connectivity index (χ0v) is 20.9. The molecule has 0 aliphatic carbocycles. The standard InChI is InChI=1S/C26H27Cl2N2OS/c1-18-15-19(9-11-21(18)28)24(31)17-30(2,3)14-6-13-29-22-7-4-5-8-25(22)32-26-12-10-20(27)16-23(26)29/h4-5,7-12,15-16H,6,13-14,17H2,1-3H3/q+1. The van der Waals surface area contributed by atoms with Gasteiger partial charge in [0.05, 0.1) is 32.0 Å². The fourth-order valence-corrected chi connectivity index (χ4v) is 5.44. The SMILES string of the molecule is Cc1cc(C(=O)C[N+](C)(C)CCCN2c3ccccc3Sc3ccc(Cl)cc32)ccc1Cl. The van der Waals surface area contributed by atoms with Crippen LogP contribution in [0.4, 0.5) is 11.4 Å². The van der Waals surface area contributed by atoms with Gasteiger partial charge in [-0.25, -0.2) is 0 Å². The number of anilines is 2. The van der Waals surface area contributed by atoms with Gasteiger partial charge < -0.3 is 9.38 Å². The first-order chi connectivity index (χ1) is 15.2. The van der Waals surface area contributed by atoms with Crippen molar-refractivity contribution in [1.29, 1.82) is 0 Å². The Hall–Kier alpha value is -1.98. The first kappa shape index (κ1) is 23.2. The topological polar surface area (TPSA) is 20.3 Å². The zero-order chi connectivity index (χ0) is 22.9. The third kappa shape index (κ3) is 5.15. The molecule has 0 bridgehead atoms. The van der Waals surface area contributed by atoms with Gasteiger partial charge in [0.15, 0.2) is 0 Å². The second kappa shape index (κ2) is 9.48. The highest BCUT2D eigenvalue weighted by atomic mass is 35.5. The van der Waals surface area contributed by atoms with Crippen LogP contribution in [0.25, 0.3) is 0 Å². The van der Waals surface area contributed by atoms with Gasteiger partial charge in [0, 0.05) is 38.4 Å². The number of ketones is 1. The van der Waals surface area contributed by atoms with E-state index < -0.39 is 0 Å². The number of hydrogen-bond acceptors (Lipinski definition) is 3. The Bertz CT molecular complexity index is 1160. The van der Waals surface area contributed by atoms with Gasteiger partial charge in [0.2, 0.25) is 5.78 Å². The Balaban J connectivity index is 1.45. The lowest BCUT2D eigenvalue weighted by molar-refractivity contribution is -0.881. The van der Waals surface area contributed by atoms with Crippen molar-refractivity contribution in [2.45, 2.75) is 23.1 Å². The molecule has 0 N–H and O–H groups in total. The largest absolute Gasteiger partial charge is 0.339 e. The van der Waals surface area contributed by atoms with Crippen molar-refractivity contribution in [1.82, 2.24) is 0 Å². The molecule has 0 radical (unpaired) electrons. The van der Waals surface area contributed by atoms with E-state index in [-0.39, 0.29) is 5.78 Å². The number of nitrogens with zero attached hydrogens (tertiary/aromatic N) is 2. The molecule has 3 aromatic carbocycles. The molecule has 1 aliphatic rings. The minimum absolute atomic E-state index is 0.145. The maximum atomic E-state index is 12.9. The maximum Gasteiger partial charge on any atom is 0.216 e. The van der Waals surface area contributed by atoms with Crippen LogP contribution < -0.4 is 4.90 Å². The smallest absolute Gasteiger partial charge is 0.216 e. The second-order valence-corrected chi connectivity index (χ2v) is 10.8. The highest BCUT2D eigenvalue weighted by Crippen LogP contribution is 2.48. The number of rotatable bonds is 7. The number of para-hydroxylation sites is 1. The van der Waals surface area contributed by atoms with Gasteiger partial charge in [-0.1, -0.05) is 47.1 Å². The van der Waals surface area contributed by atoms with Crippen molar-refractivity contribution in [3.63, 3.8) is 0 Å². The van der Waals surface area contributed by atoms with Gasteiger partial charge in [-0.15, -0.1) is 0 Å². The molecule has 3 nitrogen and oxygen atoms in total. The average Bonchev–Trinajstić information content (AvgIpc) is 2.75. The molecule has 1 aliphatic heterocycles. The molecule has 0 saturated carbocycles. The quantitative estimate of drug-likeness (QED) is 0.259. The van der Waals surface area contributed by atoms with Crippen LogP contribution in [0, 0.1) is 6.92 Å². The summed E-state index contributed by atoms with van der Waals surface area (Å²) in [5, 5.41) is 1.43. The lowest BCUT2D eigenvalue weighted by Gasteiger charge is -2.34. The first-order valence-electron chi connectivity index (χ1n) is 10.7. The first-order valence-corrected chi connectivity index (χ1v) is 12.3. The Morgan fingerprint density at radius 1 is 0.969 bits per heavy atom. The molecular formula is C26H27Cl2N2OS+. The predicted octanol–water partition coefficient (Wildman–Crippen LogP) is 7.25. The molecule has 4 rings (SSSR count). The molecule has 0 fully saturated rings. The minimum Gasteiger partial charge on any atom is -0.339 e. The summed E-state index contributed by atoms with van der Waals surface area (Å²) in [6.07, 6.45) is 0.949. The minimum atomic E-state index is 0.145. The van der Waals surface area contributed by atoms with Gasteiger partial charge in [-0.05, 0) is 61.0 Å². The van der Waals surface area contributed by atoms with Gasteiger partial charge in [-0.2, -0.15) is 0 Å². The van der Waals surface area contributed by atoms with Crippen LogP contribution >= 0.6 is 35.0 Å². The van der Waals surface area contributed by atoms with E-state index in [2.05, 4.69) is 49.3 Å². The Morgan fingerprint density at radius 2 is 1.72 bits per heavy atom. The molecular weight excluding hydrogens is 459 g/mol. The summed E-state index contributed by atoms with van der Waals surface area (Å²) in [5.74, 6) is 0.145. The summed E-state index contributed by atoms with van der Waals surface area (Å²) in [5.41, 5.74) is 4.02. The van der Waals surface area contributed by atoms with Crippen LogP contribution in [0.15, 0.2) is 70.5 Å². The van der Waals surface area contributed by atoms with Crippen molar-refractivity contribution in [3.8, 4) is 0 Å². The number of hydrogen-bond donors (Lipinski definition) is 0. The molecule has 166 valence electrons. The van der Waals surface area contributed by atoms with E-state index in [1.807, 2.05) is 31.2 Å². The molecule has 32 heavy (non-hydrogen) atoms. The number of likely N-dealkylation sites (N-methyl/N-ethyl adjacent to an activating group) is 1. The number of carbonyl (C=O) groups excluding carboxylic acids is 1. The van der Waals surface area contributed by atoms with Crippen LogP contribution in [-0.4, -0.2) is 44.0 Å². The third-order valence-corrected chi connectivity index (χ3v) is 7.57. The fourth-order valence-electron chi connectivity index (χ4n) is 4.08. The van der Waals surface area contributed by atoms with E-state index in [4.69, 9.17) is 23.2 Å². The molecule has 3 aromatic rings. The summed E-state index contributed by atoms with van der Waals surface area (Å²) in [6.45, 7) is 4.13. The molecule has 1 heterocycles. The summed E-state index contributed by atoms with van der Waals surface area (Å²) in [7, 11) is 4.23. The van der Waals surface area contributed by atoms with Crippen LogP contribution in [0.5, 0.6) is 0 Å². The van der Waals surface area contributed by atoms with Crippen LogP contribution in [0.3, 0.4) is 0 Å². The molecule has 0 saturated heterocycles. The Kier molecular flexibility index (Phi) is 6.87. The van der Waals surface area contributed by atoms with Gasteiger partial charge in [0.1, 0.15) is 6.54 Å². The highest BCUT2D eigenvalue weighted by molar-refractivity contribution is 7.99. The molecule has 6 heteroatoms. The maximum absolute atomic E-state index is 12.9. The number of benzene rings is 3. The van der Waals surface area contributed by atoms with E-state index >= 15 is 0 Å². The lowest BCUT2D eigenvalue weighted by atomic mass is 10.1. The van der Waals surface area contributed by atoms with E-state index in [0.29, 0.717) is 16.1 Å². The van der Waals surface area contributed by atoms with Crippen molar-refractivity contribution < 1.29 is 9.28 Å². The van der Waals surface area contributed by atoms with Crippen LogP contribution in [0.2, 0.25) is 10.0 Å². The predicted molar refractivity (Wildman–Crippen MR) is 136 cm³/mol. The monoisotopic (exact) mass is 485 g/mol. The van der Waals surface area contributed by atoms with Crippen LogP contribution in [0.1, 0.15) is 22.3 Å². The zero-order valence-electron chi connectivity index (χ0n) is 18.6. The van der Waals surface area contributed by atoms with E-state index in [9.17, 15) is 4.79 Å². The number of aryl methyl sites for hydroxylation is 1. The van der Waals surface area contributed by atoms with Crippen molar-refractivity contribution >= 4 is 52.1 Å². The number of fused-ring (bicyclic) bond motifs is 2. The molecule has 0 aromatic heterocycles. The van der Waals surface area contributed by atoms with Gasteiger partial charge in [0.25, 0.3) is 0 Å². The molecule has 0 amide bonds. The number of Topliss-reactive ketones (excluding diaryl/α,β-unsaturated/α-hetero) is 1. The number of halogens is 2. The van der Waals surface area contributed by atoms with Gasteiger partial charge in [-0.3, -0.25) is 4.79 Å². The molecule has 0 unspecified atom stereocenters. The average molecular weight is 486 g/mol. The highest BCUT2D eigenvalue weighted by Gasteiger charge is 2.25. The Labute approximate surface area is 204 Å². The van der Waals surface area contributed by atoms with Gasteiger partial charge >= 0.3 is 0 Å². The summed E-state index contributed by atoms with van der Waals surface area (Å²) in [6, 6.07) is 20.1. The van der Waals surface area contributed by atoms with Crippen molar-refractivity contribution in [2.24, 2.45) is 0 Å². The van der Waals surface area contributed by atoms with Crippen molar-refractivity contribution in [2.75, 3.05) is 38.6 Å². The normalized spacial score (nSPS) is 13.0. The lowest BCUT2D eigenvalue weighted by Crippen LogP contribution is -2.45. The molecule has 0 spiro atoms. The number of carbonyl (C=O) groups is 1.